The largest absolute Gasteiger partial charge is 0.430 e. The van der Waals surface area contributed by atoms with Crippen LogP contribution in [0, 0.1) is 17.0 Å². The summed E-state index contributed by atoms with van der Waals surface area (Å²) in [7, 11) is 0. The topological polar surface area (TPSA) is 69.7 Å². The van der Waals surface area contributed by atoms with Crippen molar-refractivity contribution in [3.05, 3.63) is 51.1 Å². The maximum absolute atomic E-state index is 11.1. The van der Waals surface area contributed by atoms with Crippen molar-refractivity contribution >= 4 is 33.6 Å². The summed E-state index contributed by atoms with van der Waals surface area (Å²) in [6.45, 7) is 1.75. The fourth-order valence-electron chi connectivity index (χ4n) is 2.03. The van der Waals surface area contributed by atoms with Crippen LogP contribution < -0.4 is 4.74 Å². The van der Waals surface area contributed by atoms with Crippen LogP contribution in [0.25, 0.3) is 4.96 Å². The van der Waals surface area contributed by atoms with Gasteiger partial charge in [-0.1, -0.05) is 12.1 Å². The zero-order valence-corrected chi connectivity index (χ0v) is 12.5. The first-order chi connectivity index (χ1) is 10.1. The summed E-state index contributed by atoms with van der Waals surface area (Å²) in [5.41, 5.74) is 1.25. The molecule has 3 rings (SSSR count). The van der Waals surface area contributed by atoms with Gasteiger partial charge in [0.1, 0.15) is 5.69 Å². The number of para-hydroxylation sites is 1. The number of thiazole rings is 1. The van der Waals surface area contributed by atoms with Crippen LogP contribution in [0.15, 0.2) is 29.8 Å². The van der Waals surface area contributed by atoms with E-state index in [0.29, 0.717) is 17.1 Å². The smallest absolute Gasteiger partial charge is 0.311 e. The van der Waals surface area contributed by atoms with Gasteiger partial charge in [0, 0.05) is 17.6 Å². The monoisotopic (exact) mass is 323 g/mol. The van der Waals surface area contributed by atoms with Gasteiger partial charge in [-0.15, -0.1) is 22.9 Å². The van der Waals surface area contributed by atoms with Gasteiger partial charge in [-0.05, 0) is 12.5 Å². The minimum Gasteiger partial charge on any atom is -0.430 e. The molecule has 0 fully saturated rings. The highest BCUT2D eigenvalue weighted by Gasteiger charge is 2.21. The maximum atomic E-state index is 11.1. The molecular formula is C13H10ClN3O3S. The molecule has 0 radical (unpaired) electrons. The standard InChI is InChI=1S/C13H10ClN3O3S/c1-8-3-2-4-9(17(18)19)11(8)20-12-10(7-14)16-5-6-21-13(16)15-12/h2-6H,7H2,1H3. The summed E-state index contributed by atoms with van der Waals surface area (Å²) in [5, 5.41) is 13.0. The summed E-state index contributed by atoms with van der Waals surface area (Å²) in [6, 6.07) is 4.77. The molecule has 0 aliphatic rings. The van der Waals surface area contributed by atoms with Gasteiger partial charge in [-0.25, -0.2) is 0 Å². The Bertz CT molecular complexity index is 827. The molecule has 2 heterocycles. The molecule has 0 saturated carbocycles. The van der Waals surface area contributed by atoms with Gasteiger partial charge < -0.3 is 4.74 Å². The Hall–Kier alpha value is -2.12. The number of benzene rings is 1. The molecule has 8 heteroatoms. The van der Waals surface area contributed by atoms with E-state index in [-0.39, 0.29) is 17.3 Å². The third-order valence-electron chi connectivity index (χ3n) is 3.04. The molecule has 0 amide bonds. The van der Waals surface area contributed by atoms with Crippen LogP contribution in [-0.4, -0.2) is 14.3 Å². The van der Waals surface area contributed by atoms with Crippen molar-refractivity contribution in [1.82, 2.24) is 9.38 Å². The lowest BCUT2D eigenvalue weighted by Crippen LogP contribution is -1.97. The van der Waals surface area contributed by atoms with Gasteiger partial charge in [0.15, 0.2) is 4.96 Å². The molecule has 0 aliphatic heterocycles. The lowest BCUT2D eigenvalue weighted by molar-refractivity contribution is -0.385. The van der Waals surface area contributed by atoms with Crippen LogP contribution in [0.5, 0.6) is 11.6 Å². The van der Waals surface area contributed by atoms with Crippen molar-refractivity contribution < 1.29 is 9.66 Å². The molecule has 6 nitrogen and oxygen atoms in total. The number of aromatic nitrogens is 2. The highest BCUT2D eigenvalue weighted by atomic mass is 35.5. The van der Waals surface area contributed by atoms with Gasteiger partial charge in [0.2, 0.25) is 11.6 Å². The molecule has 0 bridgehead atoms. The van der Waals surface area contributed by atoms with E-state index in [1.54, 1.807) is 19.1 Å². The van der Waals surface area contributed by atoms with Crippen molar-refractivity contribution in [1.29, 1.82) is 0 Å². The fourth-order valence-corrected chi connectivity index (χ4v) is 2.99. The number of fused-ring (bicyclic) bond motifs is 1. The predicted octanol–water partition coefficient (Wildman–Crippen LogP) is 4.14. The first-order valence-corrected chi connectivity index (χ1v) is 7.45. The lowest BCUT2D eigenvalue weighted by Gasteiger charge is -2.07. The van der Waals surface area contributed by atoms with Gasteiger partial charge >= 0.3 is 5.69 Å². The molecule has 0 atom stereocenters. The molecule has 0 unspecified atom stereocenters. The van der Waals surface area contributed by atoms with Crippen molar-refractivity contribution in [3.63, 3.8) is 0 Å². The third-order valence-corrected chi connectivity index (χ3v) is 4.05. The first-order valence-electron chi connectivity index (χ1n) is 6.04. The average Bonchev–Trinajstić information content (AvgIpc) is 3.00. The van der Waals surface area contributed by atoms with Crippen molar-refractivity contribution in [3.8, 4) is 11.6 Å². The average molecular weight is 324 g/mol. The minimum atomic E-state index is -0.471. The van der Waals surface area contributed by atoms with Crippen molar-refractivity contribution in [2.45, 2.75) is 12.8 Å². The van der Waals surface area contributed by atoms with Crippen molar-refractivity contribution in [2.75, 3.05) is 0 Å². The molecule has 108 valence electrons. The van der Waals surface area contributed by atoms with Gasteiger partial charge in [0.05, 0.1) is 10.8 Å². The van der Waals surface area contributed by atoms with Gasteiger partial charge in [-0.2, -0.15) is 4.98 Å². The zero-order chi connectivity index (χ0) is 15.0. The second-order valence-electron chi connectivity index (χ2n) is 4.34. The lowest BCUT2D eigenvalue weighted by atomic mass is 10.2. The Labute approximate surface area is 128 Å². The summed E-state index contributed by atoms with van der Waals surface area (Å²) in [5.74, 6) is 0.696. The summed E-state index contributed by atoms with van der Waals surface area (Å²) >= 11 is 7.39. The molecular weight excluding hydrogens is 314 g/mol. The number of nitrogens with zero attached hydrogens (tertiary/aromatic N) is 3. The second-order valence-corrected chi connectivity index (χ2v) is 5.48. The van der Waals surface area contributed by atoms with Crippen LogP contribution in [0.1, 0.15) is 11.3 Å². The Morgan fingerprint density at radius 2 is 2.33 bits per heavy atom. The Balaban J connectivity index is 2.10. The minimum absolute atomic E-state index is 0.0909. The van der Waals surface area contributed by atoms with E-state index in [0.717, 1.165) is 4.96 Å². The number of nitro benzene ring substituents is 1. The van der Waals surface area contributed by atoms with E-state index in [1.165, 1.54) is 17.4 Å². The van der Waals surface area contributed by atoms with Crippen LogP contribution in [0.3, 0.4) is 0 Å². The van der Waals surface area contributed by atoms with E-state index in [4.69, 9.17) is 16.3 Å². The molecule has 0 aliphatic carbocycles. The summed E-state index contributed by atoms with van der Waals surface area (Å²) in [6.07, 6.45) is 1.84. The Kier molecular flexibility index (Phi) is 3.52. The number of rotatable bonds is 4. The van der Waals surface area contributed by atoms with E-state index < -0.39 is 4.92 Å². The van der Waals surface area contributed by atoms with Crippen LogP contribution in [0.4, 0.5) is 5.69 Å². The van der Waals surface area contributed by atoms with E-state index in [2.05, 4.69) is 4.98 Å². The van der Waals surface area contributed by atoms with Crippen LogP contribution >= 0.6 is 22.9 Å². The normalized spacial score (nSPS) is 11.0. The molecule has 0 N–H and O–H groups in total. The second kappa shape index (κ2) is 5.34. The number of halogens is 1. The van der Waals surface area contributed by atoms with E-state index in [9.17, 15) is 10.1 Å². The molecule has 1 aromatic carbocycles. The van der Waals surface area contributed by atoms with E-state index >= 15 is 0 Å². The van der Waals surface area contributed by atoms with Gasteiger partial charge in [0.25, 0.3) is 0 Å². The maximum Gasteiger partial charge on any atom is 0.311 e. The summed E-state index contributed by atoms with van der Waals surface area (Å²) < 4.78 is 7.53. The highest BCUT2D eigenvalue weighted by Crippen LogP contribution is 2.36. The predicted molar refractivity (Wildman–Crippen MR) is 80.5 cm³/mol. The zero-order valence-electron chi connectivity index (χ0n) is 10.9. The molecule has 21 heavy (non-hydrogen) atoms. The fraction of sp³-hybridized carbons (Fsp3) is 0.154. The first kappa shape index (κ1) is 13.8. The SMILES string of the molecule is Cc1cccc([N+](=O)[O-])c1Oc1nc2sccn2c1CCl. The molecule has 2 aromatic heterocycles. The van der Waals surface area contributed by atoms with Gasteiger partial charge in [-0.3, -0.25) is 14.5 Å². The Morgan fingerprint density at radius 3 is 3.05 bits per heavy atom. The number of aryl methyl sites for hydroxylation is 1. The third kappa shape index (κ3) is 2.34. The molecule has 3 aromatic rings. The van der Waals surface area contributed by atoms with Crippen molar-refractivity contribution in [2.24, 2.45) is 0 Å². The highest BCUT2D eigenvalue weighted by molar-refractivity contribution is 7.15. The molecule has 0 saturated heterocycles. The number of imidazole rings is 1. The van der Waals surface area contributed by atoms with E-state index in [1.807, 2.05) is 16.0 Å². The van der Waals surface area contributed by atoms with Crippen LogP contribution in [-0.2, 0) is 5.88 Å². The number of hydrogen-bond acceptors (Lipinski definition) is 5. The molecule has 0 spiro atoms. The Morgan fingerprint density at radius 1 is 1.52 bits per heavy atom. The van der Waals surface area contributed by atoms with Crippen LogP contribution in [0.2, 0.25) is 0 Å². The quantitative estimate of drug-likeness (QED) is 0.411. The number of nitro groups is 1. The number of hydrogen-bond donors (Lipinski definition) is 0. The number of ether oxygens (including phenoxy) is 1. The summed E-state index contributed by atoms with van der Waals surface area (Å²) in [4.78, 5) is 15.7. The number of alkyl halides is 1.